The summed E-state index contributed by atoms with van der Waals surface area (Å²) < 4.78 is 7.96. The number of likely N-dealkylation sites (N-methyl/N-ethyl adjacent to an activating group) is 2. The van der Waals surface area contributed by atoms with Gasteiger partial charge in [0, 0.05) is 74.2 Å². The normalized spacial score (nSPS) is 14.4. The number of aryl methyl sites for hydroxylation is 2. The molecule has 38 heavy (non-hydrogen) atoms. The largest absolute Gasteiger partial charge is 0.397 e. The minimum atomic E-state index is 0.392. The van der Waals surface area contributed by atoms with Gasteiger partial charge in [-0.05, 0) is 57.6 Å². The number of para-hydroxylation sites is 1. The van der Waals surface area contributed by atoms with Crippen molar-refractivity contribution in [3.8, 4) is 11.4 Å². The second kappa shape index (κ2) is 11.0. The lowest BCUT2D eigenvalue weighted by Crippen LogP contribution is -2.29. The van der Waals surface area contributed by atoms with Crippen LogP contribution in [0.15, 0.2) is 42.7 Å². The Morgan fingerprint density at radius 2 is 1.84 bits per heavy atom. The average Bonchev–Trinajstić information content (AvgIpc) is 3.22. The SMILES string of the molecule is Cc1cc(N(C)CCN(C)C)c(N)cc1Nc1ncnc(-c2c(C3CCOCC3)n(C)c3ccccc23)n1. The Labute approximate surface area is 224 Å². The van der Waals surface area contributed by atoms with E-state index in [1.165, 1.54) is 11.2 Å². The van der Waals surface area contributed by atoms with Gasteiger partial charge in [0.15, 0.2) is 5.82 Å². The van der Waals surface area contributed by atoms with Crippen molar-refractivity contribution in [1.82, 2.24) is 24.4 Å². The quantitative estimate of drug-likeness (QED) is 0.331. The molecule has 3 heterocycles. The number of nitrogens with zero attached hydrogens (tertiary/aromatic N) is 6. The number of hydrogen-bond acceptors (Lipinski definition) is 8. The zero-order valence-corrected chi connectivity index (χ0v) is 23.0. The zero-order valence-electron chi connectivity index (χ0n) is 23.0. The van der Waals surface area contributed by atoms with Gasteiger partial charge in [0.05, 0.1) is 11.4 Å². The molecule has 1 aliphatic heterocycles. The highest BCUT2D eigenvalue weighted by Crippen LogP contribution is 2.40. The molecule has 4 aromatic rings. The van der Waals surface area contributed by atoms with Gasteiger partial charge in [0.1, 0.15) is 6.33 Å². The second-order valence-corrected chi connectivity index (χ2v) is 10.4. The molecule has 3 N–H and O–H groups in total. The summed E-state index contributed by atoms with van der Waals surface area (Å²) in [5.74, 6) is 1.56. The fourth-order valence-electron chi connectivity index (χ4n) is 5.34. The van der Waals surface area contributed by atoms with Crippen LogP contribution in [0.5, 0.6) is 0 Å². The van der Waals surface area contributed by atoms with Gasteiger partial charge >= 0.3 is 0 Å². The Morgan fingerprint density at radius 1 is 1.08 bits per heavy atom. The number of rotatable bonds is 8. The van der Waals surface area contributed by atoms with Crippen molar-refractivity contribution in [3.63, 3.8) is 0 Å². The molecule has 0 spiro atoms. The summed E-state index contributed by atoms with van der Waals surface area (Å²) in [5, 5.41) is 4.55. The van der Waals surface area contributed by atoms with E-state index in [-0.39, 0.29) is 0 Å². The van der Waals surface area contributed by atoms with Crippen LogP contribution in [0.2, 0.25) is 0 Å². The summed E-state index contributed by atoms with van der Waals surface area (Å²) in [7, 11) is 8.35. The lowest BCUT2D eigenvalue weighted by atomic mass is 9.92. The molecule has 9 nitrogen and oxygen atoms in total. The molecule has 0 bridgehead atoms. The molecule has 9 heteroatoms. The number of benzene rings is 2. The van der Waals surface area contributed by atoms with Crippen LogP contribution >= 0.6 is 0 Å². The van der Waals surface area contributed by atoms with Crippen molar-refractivity contribution in [2.24, 2.45) is 7.05 Å². The van der Waals surface area contributed by atoms with E-state index < -0.39 is 0 Å². The third-order valence-electron chi connectivity index (χ3n) is 7.47. The number of hydrogen-bond donors (Lipinski definition) is 2. The van der Waals surface area contributed by atoms with Gasteiger partial charge in [-0.15, -0.1) is 0 Å². The summed E-state index contributed by atoms with van der Waals surface area (Å²) in [5.41, 5.74) is 13.7. The first kappa shape index (κ1) is 25.9. The van der Waals surface area contributed by atoms with Crippen molar-refractivity contribution < 1.29 is 4.74 Å². The summed E-state index contributed by atoms with van der Waals surface area (Å²) >= 11 is 0. The number of aromatic nitrogens is 4. The molecule has 1 aliphatic rings. The second-order valence-electron chi connectivity index (χ2n) is 10.4. The maximum absolute atomic E-state index is 6.48. The summed E-state index contributed by atoms with van der Waals surface area (Å²) in [4.78, 5) is 18.3. The molecule has 2 aromatic carbocycles. The van der Waals surface area contributed by atoms with Crippen LogP contribution in [0.1, 0.15) is 30.0 Å². The number of nitrogens with one attached hydrogen (secondary N) is 1. The van der Waals surface area contributed by atoms with E-state index in [2.05, 4.69) is 95.1 Å². The van der Waals surface area contributed by atoms with Crippen LogP contribution in [0.25, 0.3) is 22.3 Å². The minimum Gasteiger partial charge on any atom is -0.397 e. The molecular weight excluding hydrogens is 476 g/mol. The Balaban J connectivity index is 1.49. The highest BCUT2D eigenvalue weighted by molar-refractivity contribution is 5.97. The van der Waals surface area contributed by atoms with Gasteiger partial charge in [-0.25, -0.2) is 9.97 Å². The predicted octanol–water partition coefficient (Wildman–Crippen LogP) is 4.56. The molecule has 1 fully saturated rings. The Hall–Kier alpha value is -3.69. The van der Waals surface area contributed by atoms with E-state index in [1.54, 1.807) is 6.33 Å². The molecule has 0 radical (unpaired) electrons. The van der Waals surface area contributed by atoms with Crippen LogP contribution < -0.4 is 16.0 Å². The van der Waals surface area contributed by atoms with Crippen LogP contribution in [0.4, 0.5) is 23.0 Å². The van der Waals surface area contributed by atoms with E-state index in [4.69, 9.17) is 15.5 Å². The smallest absolute Gasteiger partial charge is 0.230 e. The summed E-state index contributed by atoms with van der Waals surface area (Å²) in [6, 6.07) is 12.5. The third-order valence-corrected chi connectivity index (χ3v) is 7.47. The minimum absolute atomic E-state index is 0.392. The predicted molar refractivity (Wildman–Crippen MR) is 155 cm³/mol. The van der Waals surface area contributed by atoms with Crippen molar-refractivity contribution in [2.45, 2.75) is 25.7 Å². The number of fused-ring (bicyclic) bond motifs is 1. The van der Waals surface area contributed by atoms with Gasteiger partial charge in [0.25, 0.3) is 0 Å². The Morgan fingerprint density at radius 3 is 2.61 bits per heavy atom. The number of nitrogens with two attached hydrogens (primary N) is 1. The maximum atomic E-state index is 6.48. The van der Waals surface area contributed by atoms with E-state index in [0.717, 1.165) is 67.0 Å². The highest BCUT2D eigenvalue weighted by Gasteiger charge is 2.27. The molecule has 200 valence electrons. The topological polar surface area (TPSA) is 97.4 Å². The van der Waals surface area contributed by atoms with Crippen molar-refractivity contribution >= 4 is 33.9 Å². The number of nitrogen functional groups attached to an aromatic ring is 1. The molecular formula is C29H38N8O. The molecule has 0 saturated carbocycles. The van der Waals surface area contributed by atoms with Gasteiger partial charge in [-0.3, -0.25) is 0 Å². The lowest BCUT2D eigenvalue weighted by Gasteiger charge is -2.24. The summed E-state index contributed by atoms with van der Waals surface area (Å²) in [6.45, 7) is 5.46. The monoisotopic (exact) mass is 514 g/mol. The molecule has 2 aromatic heterocycles. The molecule has 0 amide bonds. The van der Waals surface area contributed by atoms with E-state index >= 15 is 0 Å². The van der Waals surface area contributed by atoms with Crippen molar-refractivity contribution in [3.05, 3.63) is 54.0 Å². The number of ether oxygens (including phenoxy) is 1. The fourth-order valence-corrected chi connectivity index (χ4v) is 5.34. The molecule has 0 aliphatic carbocycles. The van der Waals surface area contributed by atoms with Crippen LogP contribution in [-0.4, -0.2) is 71.9 Å². The molecule has 5 rings (SSSR count). The van der Waals surface area contributed by atoms with E-state index in [9.17, 15) is 0 Å². The van der Waals surface area contributed by atoms with Crippen molar-refractivity contribution in [1.29, 1.82) is 0 Å². The Bertz CT molecular complexity index is 1420. The highest BCUT2D eigenvalue weighted by atomic mass is 16.5. The van der Waals surface area contributed by atoms with Gasteiger partial charge in [0.2, 0.25) is 5.95 Å². The Kier molecular flexibility index (Phi) is 7.49. The molecule has 0 unspecified atom stereocenters. The maximum Gasteiger partial charge on any atom is 0.230 e. The van der Waals surface area contributed by atoms with Crippen LogP contribution in [-0.2, 0) is 11.8 Å². The lowest BCUT2D eigenvalue weighted by molar-refractivity contribution is 0.0841. The molecule has 1 saturated heterocycles. The molecule has 0 atom stereocenters. The average molecular weight is 515 g/mol. The first-order valence-corrected chi connectivity index (χ1v) is 13.2. The fraction of sp³-hybridized carbons (Fsp3) is 0.414. The number of anilines is 4. The van der Waals surface area contributed by atoms with Gasteiger partial charge in [-0.1, -0.05) is 18.2 Å². The zero-order chi connectivity index (χ0) is 26.8. The summed E-state index contributed by atoms with van der Waals surface area (Å²) in [6.07, 6.45) is 3.56. The third kappa shape index (κ3) is 5.16. The van der Waals surface area contributed by atoms with Crippen LogP contribution in [0, 0.1) is 6.92 Å². The van der Waals surface area contributed by atoms with Gasteiger partial charge < -0.3 is 30.2 Å². The first-order valence-electron chi connectivity index (χ1n) is 13.2. The van der Waals surface area contributed by atoms with E-state index in [0.29, 0.717) is 23.4 Å². The van der Waals surface area contributed by atoms with Gasteiger partial charge in [-0.2, -0.15) is 4.98 Å². The van der Waals surface area contributed by atoms with Crippen LogP contribution in [0.3, 0.4) is 0 Å². The standard InChI is InChI=1S/C29H38N8O/c1-19-16-25(36(4)13-12-35(2)3)22(30)17-23(19)33-29-32-18-31-28(34-29)26-21-8-6-7-9-24(21)37(5)27(26)20-10-14-38-15-11-20/h6-9,16-18,20H,10-15,30H2,1-5H3,(H,31,32,33,34). The first-order chi connectivity index (χ1) is 18.3. The van der Waals surface area contributed by atoms with E-state index in [1.807, 2.05) is 6.07 Å². The van der Waals surface area contributed by atoms with Crippen molar-refractivity contribution in [2.75, 3.05) is 63.4 Å².